The highest BCUT2D eigenvalue weighted by Gasteiger charge is 2.33. The van der Waals surface area contributed by atoms with Gasteiger partial charge in [-0.25, -0.2) is 13.5 Å². The van der Waals surface area contributed by atoms with E-state index in [1.54, 1.807) is 22.9 Å². The molecule has 1 atom stereocenters. The topological polar surface area (TPSA) is 57.3 Å². The SMILES string of the molecule is Fc1ccc(Cn2nnnc2[C@@H](c2cccc(F)c2)[NH+]2CCOCC2)cc1. The Morgan fingerprint density at radius 2 is 1.81 bits per heavy atom. The van der Waals surface area contributed by atoms with Gasteiger partial charge in [0, 0.05) is 5.56 Å². The molecular formula is C19H20F2N5O+. The highest BCUT2D eigenvalue weighted by molar-refractivity contribution is 5.24. The van der Waals surface area contributed by atoms with E-state index in [1.165, 1.54) is 29.2 Å². The van der Waals surface area contributed by atoms with E-state index in [4.69, 9.17) is 4.74 Å². The standard InChI is InChI=1S/C19H19F2N5O/c20-16-6-4-14(5-7-16)13-26-19(22-23-24-26)18(25-8-10-27-11-9-25)15-2-1-3-17(21)12-15/h1-7,12,18H,8-11,13H2/p+1/t18-/m1/s1. The van der Waals surface area contributed by atoms with Crippen LogP contribution in [0.3, 0.4) is 0 Å². The maximum atomic E-state index is 13.9. The second-order valence-corrected chi connectivity index (χ2v) is 6.58. The summed E-state index contributed by atoms with van der Waals surface area (Å²) in [6.45, 7) is 3.26. The summed E-state index contributed by atoms with van der Waals surface area (Å²) in [6.07, 6.45) is 0. The maximum Gasteiger partial charge on any atom is 0.214 e. The normalized spacial score (nSPS) is 16.4. The fraction of sp³-hybridized carbons (Fsp3) is 0.316. The molecule has 27 heavy (non-hydrogen) atoms. The van der Waals surface area contributed by atoms with Crippen LogP contribution in [0, 0.1) is 11.6 Å². The molecule has 4 rings (SSSR count). The lowest BCUT2D eigenvalue weighted by Gasteiger charge is -2.31. The number of quaternary nitrogens is 1. The Hall–Kier alpha value is -2.71. The van der Waals surface area contributed by atoms with Crippen LogP contribution in [0.25, 0.3) is 0 Å². The van der Waals surface area contributed by atoms with Gasteiger partial charge in [0.2, 0.25) is 5.82 Å². The van der Waals surface area contributed by atoms with Crippen molar-refractivity contribution >= 4 is 0 Å². The molecule has 2 heterocycles. The van der Waals surface area contributed by atoms with Crippen LogP contribution < -0.4 is 4.90 Å². The van der Waals surface area contributed by atoms with Crippen molar-refractivity contribution in [2.75, 3.05) is 26.3 Å². The number of ether oxygens (including phenoxy) is 1. The zero-order valence-corrected chi connectivity index (χ0v) is 14.7. The first-order valence-electron chi connectivity index (χ1n) is 8.89. The molecule has 140 valence electrons. The number of nitrogens with zero attached hydrogens (tertiary/aromatic N) is 4. The zero-order chi connectivity index (χ0) is 18.6. The van der Waals surface area contributed by atoms with Crippen molar-refractivity contribution in [3.8, 4) is 0 Å². The molecule has 3 aromatic rings. The van der Waals surface area contributed by atoms with E-state index < -0.39 is 0 Å². The molecule has 1 aliphatic rings. The number of benzene rings is 2. The van der Waals surface area contributed by atoms with Gasteiger partial charge in [-0.3, -0.25) is 0 Å². The summed E-state index contributed by atoms with van der Waals surface area (Å²) in [4.78, 5) is 1.22. The second-order valence-electron chi connectivity index (χ2n) is 6.58. The number of rotatable bonds is 5. The number of hydrogen-bond acceptors (Lipinski definition) is 4. The molecule has 1 fully saturated rings. The Bertz CT molecular complexity index is 893. The van der Waals surface area contributed by atoms with Crippen LogP contribution in [0.2, 0.25) is 0 Å². The minimum Gasteiger partial charge on any atom is -0.370 e. The minimum absolute atomic E-state index is 0.208. The van der Waals surface area contributed by atoms with Crippen molar-refractivity contribution in [1.82, 2.24) is 20.2 Å². The molecule has 1 aromatic heterocycles. The van der Waals surface area contributed by atoms with Gasteiger partial charge < -0.3 is 9.64 Å². The molecule has 0 amide bonds. The van der Waals surface area contributed by atoms with Crippen LogP contribution in [0.5, 0.6) is 0 Å². The molecule has 0 unspecified atom stereocenters. The first-order chi connectivity index (χ1) is 13.2. The summed E-state index contributed by atoms with van der Waals surface area (Å²) in [5.74, 6) is 0.0793. The largest absolute Gasteiger partial charge is 0.370 e. The molecule has 0 saturated carbocycles. The number of halogens is 2. The summed E-state index contributed by atoms with van der Waals surface area (Å²) >= 11 is 0. The van der Waals surface area contributed by atoms with Crippen molar-refractivity contribution in [2.24, 2.45) is 0 Å². The number of nitrogens with one attached hydrogen (secondary N) is 1. The number of hydrogen-bond donors (Lipinski definition) is 1. The highest BCUT2D eigenvalue weighted by Crippen LogP contribution is 2.19. The van der Waals surface area contributed by atoms with Gasteiger partial charge in [-0.05, 0) is 40.3 Å². The van der Waals surface area contributed by atoms with E-state index in [-0.39, 0.29) is 17.7 Å². The lowest BCUT2D eigenvalue weighted by Crippen LogP contribution is -3.14. The van der Waals surface area contributed by atoms with Gasteiger partial charge in [0.1, 0.15) is 24.7 Å². The molecule has 2 aromatic carbocycles. The summed E-state index contributed by atoms with van der Waals surface area (Å²) in [5.41, 5.74) is 1.71. The van der Waals surface area contributed by atoms with E-state index in [9.17, 15) is 8.78 Å². The Balaban J connectivity index is 1.70. The second kappa shape index (κ2) is 7.89. The van der Waals surface area contributed by atoms with Gasteiger partial charge in [-0.1, -0.05) is 24.3 Å². The number of tetrazole rings is 1. The Morgan fingerprint density at radius 3 is 2.56 bits per heavy atom. The van der Waals surface area contributed by atoms with Crippen molar-refractivity contribution in [2.45, 2.75) is 12.6 Å². The predicted molar refractivity (Wildman–Crippen MR) is 93.1 cm³/mol. The Morgan fingerprint density at radius 1 is 1.04 bits per heavy atom. The molecule has 1 N–H and O–H groups in total. The minimum atomic E-state index is -0.289. The van der Waals surface area contributed by atoms with Crippen molar-refractivity contribution < 1.29 is 18.4 Å². The third kappa shape index (κ3) is 4.01. The van der Waals surface area contributed by atoms with Crippen molar-refractivity contribution in [1.29, 1.82) is 0 Å². The van der Waals surface area contributed by atoms with E-state index >= 15 is 0 Å². The number of aromatic nitrogens is 4. The molecule has 0 aliphatic carbocycles. The van der Waals surface area contributed by atoms with Crippen molar-refractivity contribution in [3.63, 3.8) is 0 Å². The fourth-order valence-electron chi connectivity index (χ4n) is 3.47. The third-order valence-corrected chi connectivity index (χ3v) is 4.79. The fourth-order valence-corrected chi connectivity index (χ4v) is 3.47. The van der Waals surface area contributed by atoms with Gasteiger partial charge in [-0.2, -0.15) is 0 Å². The molecule has 1 saturated heterocycles. The average Bonchev–Trinajstić information content (AvgIpc) is 3.13. The quantitative estimate of drug-likeness (QED) is 0.726. The molecule has 0 radical (unpaired) electrons. The Kier molecular flexibility index (Phi) is 5.17. The molecule has 0 spiro atoms. The molecule has 8 heteroatoms. The summed E-state index contributed by atoms with van der Waals surface area (Å²) in [5, 5.41) is 12.2. The van der Waals surface area contributed by atoms with E-state index in [2.05, 4.69) is 15.5 Å². The van der Waals surface area contributed by atoms with E-state index in [0.29, 0.717) is 25.6 Å². The average molecular weight is 372 g/mol. The maximum absolute atomic E-state index is 13.9. The smallest absolute Gasteiger partial charge is 0.214 e. The van der Waals surface area contributed by atoms with Gasteiger partial charge >= 0.3 is 0 Å². The summed E-state index contributed by atoms with van der Waals surface area (Å²) < 4.78 is 34.2. The monoisotopic (exact) mass is 372 g/mol. The van der Waals surface area contributed by atoms with E-state index in [1.807, 2.05) is 6.07 Å². The van der Waals surface area contributed by atoms with E-state index in [0.717, 1.165) is 24.2 Å². The Labute approximate surface area is 155 Å². The van der Waals surface area contributed by atoms with Gasteiger partial charge in [0.15, 0.2) is 6.04 Å². The lowest BCUT2D eigenvalue weighted by molar-refractivity contribution is -0.933. The summed E-state index contributed by atoms with van der Waals surface area (Å²) in [7, 11) is 0. The zero-order valence-electron chi connectivity index (χ0n) is 14.7. The molecule has 0 bridgehead atoms. The van der Waals surface area contributed by atoms with Crippen LogP contribution in [0.1, 0.15) is 23.0 Å². The van der Waals surface area contributed by atoms with Crippen LogP contribution >= 0.6 is 0 Å². The summed E-state index contributed by atoms with van der Waals surface area (Å²) in [6, 6.07) is 12.6. The van der Waals surface area contributed by atoms with Crippen molar-refractivity contribution in [3.05, 3.63) is 77.1 Å². The van der Waals surface area contributed by atoms with Gasteiger partial charge in [-0.15, -0.1) is 5.10 Å². The molecule has 6 nitrogen and oxygen atoms in total. The molecular weight excluding hydrogens is 352 g/mol. The van der Waals surface area contributed by atoms with Gasteiger partial charge in [0.05, 0.1) is 19.8 Å². The predicted octanol–water partition coefficient (Wildman–Crippen LogP) is 1.00. The first-order valence-corrected chi connectivity index (χ1v) is 8.89. The van der Waals surface area contributed by atoms with Gasteiger partial charge in [0.25, 0.3) is 0 Å². The van der Waals surface area contributed by atoms with Crippen LogP contribution in [0.15, 0.2) is 48.5 Å². The lowest BCUT2D eigenvalue weighted by atomic mass is 10.0. The van der Waals surface area contributed by atoms with Crippen LogP contribution in [-0.2, 0) is 11.3 Å². The first kappa shape index (κ1) is 17.7. The highest BCUT2D eigenvalue weighted by atomic mass is 19.1. The van der Waals surface area contributed by atoms with Crippen LogP contribution in [-0.4, -0.2) is 46.5 Å². The third-order valence-electron chi connectivity index (χ3n) is 4.79. The molecule has 1 aliphatic heterocycles. The van der Waals surface area contributed by atoms with Crippen LogP contribution in [0.4, 0.5) is 8.78 Å². The number of morpholine rings is 1.